The minimum absolute atomic E-state index is 1.17. The van der Waals surface area contributed by atoms with Gasteiger partial charge < -0.3 is 4.90 Å². The van der Waals surface area contributed by atoms with Crippen molar-refractivity contribution >= 4 is 21.6 Å². The summed E-state index contributed by atoms with van der Waals surface area (Å²) in [5.41, 5.74) is 1.34. The first-order chi connectivity index (χ1) is 7.77. The standard InChI is InChI=1S/C14H22BrN/c1-3-5-10-16(11-6-4-2)14-9-7-8-13(15)12-14/h7-9,12H,3-6,10-11H2,1-2H3. The van der Waals surface area contributed by atoms with Gasteiger partial charge in [-0.05, 0) is 31.0 Å². The highest BCUT2D eigenvalue weighted by molar-refractivity contribution is 9.10. The Morgan fingerprint density at radius 3 is 2.19 bits per heavy atom. The molecule has 0 amide bonds. The van der Waals surface area contributed by atoms with Crippen molar-refractivity contribution < 1.29 is 0 Å². The van der Waals surface area contributed by atoms with E-state index in [9.17, 15) is 0 Å². The van der Waals surface area contributed by atoms with Crippen LogP contribution in [0, 0.1) is 0 Å². The first-order valence-corrected chi connectivity index (χ1v) is 7.07. The minimum Gasteiger partial charge on any atom is -0.372 e. The lowest BCUT2D eigenvalue weighted by atomic mass is 10.2. The van der Waals surface area contributed by atoms with Crippen molar-refractivity contribution in [2.75, 3.05) is 18.0 Å². The Morgan fingerprint density at radius 2 is 1.69 bits per heavy atom. The van der Waals surface area contributed by atoms with Gasteiger partial charge in [0.15, 0.2) is 0 Å². The number of hydrogen-bond donors (Lipinski definition) is 0. The average molecular weight is 284 g/mol. The molecule has 2 heteroatoms. The zero-order valence-corrected chi connectivity index (χ0v) is 12.0. The molecule has 0 aliphatic carbocycles. The lowest BCUT2D eigenvalue weighted by Crippen LogP contribution is -2.25. The normalized spacial score (nSPS) is 10.4. The Labute approximate surface area is 108 Å². The summed E-state index contributed by atoms with van der Waals surface area (Å²) in [5, 5.41) is 0. The van der Waals surface area contributed by atoms with E-state index in [-0.39, 0.29) is 0 Å². The van der Waals surface area contributed by atoms with Crippen LogP contribution in [0.15, 0.2) is 28.7 Å². The summed E-state index contributed by atoms with van der Waals surface area (Å²) < 4.78 is 1.17. The molecule has 1 nitrogen and oxygen atoms in total. The highest BCUT2D eigenvalue weighted by atomic mass is 79.9. The number of unbranched alkanes of at least 4 members (excludes halogenated alkanes) is 2. The van der Waals surface area contributed by atoms with Crippen LogP contribution in [0.2, 0.25) is 0 Å². The van der Waals surface area contributed by atoms with Gasteiger partial charge in [0.25, 0.3) is 0 Å². The van der Waals surface area contributed by atoms with Crippen LogP contribution in [0.25, 0.3) is 0 Å². The maximum absolute atomic E-state index is 3.54. The van der Waals surface area contributed by atoms with Crippen LogP contribution in [0.3, 0.4) is 0 Å². The molecule has 1 aromatic rings. The molecular weight excluding hydrogens is 262 g/mol. The first kappa shape index (κ1) is 13.6. The van der Waals surface area contributed by atoms with E-state index in [1.54, 1.807) is 0 Å². The molecule has 0 saturated carbocycles. The third kappa shape index (κ3) is 4.56. The molecule has 0 aromatic heterocycles. The van der Waals surface area contributed by atoms with Gasteiger partial charge in [-0.1, -0.05) is 48.7 Å². The van der Waals surface area contributed by atoms with E-state index < -0.39 is 0 Å². The maximum Gasteiger partial charge on any atom is 0.0377 e. The van der Waals surface area contributed by atoms with Crippen molar-refractivity contribution in [3.05, 3.63) is 28.7 Å². The van der Waals surface area contributed by atoms with Crippen LogP contribution in [0.1, 0.15) is 39.5 Å². The molecule has 90 valence electrons. The molecule has 1 rings (SSSR count). The number of nitrogens with zero attached hydrogens (tertiary/aromatic N) is 1. The lowest BCUT2D eigenvalue weighted by Gasteiger charge is -2.24. The van der Waals surface area contributed by atoms with E-state index >= 15 is 0 Å². The third-order valence-corrected chi connectivity index (χ3v) is 3.23. The van der Waals surface area contributed by atoms with Gasteiger partial charge in [-0.15, -0.1) is 0 Å². The van der Waals surface area contributed by atoms with Gasteiger partial charge in [-0.25, -0.2) is 0 Å². The molecule has 16 heavy (non-hydrogen) atoms. The molecule has 0 bridgehead atoms. The summed E-state index contributed by atoms with van der Waals surface area (Å²) in [4.78, 5) is 2.50. The van der Waals surface area contributed by atoms with Gasteiger partial charge in [0.05, 0.1) is 0 Å². The summed E-state index contributed by atoms with van der Waals surface area (Å²) in [7, 11) is 0. The predicted octanol–water partition coefficient (Wildman–Crippen LogP) is 4.86. The number of benzene rings is 1. The van der Waals surface area contributed by atoms with Crippen molar-refractivity contribution in [3.63, 3.8) is 0 Å². The van der Waals surface area contributed by atoms with Gasteiger partial charge in [0, 0.05) is 23.2 Å². The Kier molecular flexibility index (Phi) is 6.55. The second kappa shape index (κ2) is 7.72. The zero-order chi connectivity index (χ0) is 11.8. The van der Waals surface area contributed by atoms with Crippen molar-refractivity contribution in [1.29, 1.82) is 0 Å². The monoisotopic (exact) mass is 283 g/mol. The Hall–Kier alpha value is -0.500. The van der Waals surface area contributed by atoms with Crippen LogP contribution >= 0.6 is 15.9 Å². The number of anilines is 1. The molecule has 0 spiro atoms. The summed E-state index contributed by atoms with van der Waals surface area (Å²) >= 11 is 3.54. The average Bonchev–Trinajstić information content (AvgIpc) is 2.29. The SMILES string of the molecule is CCCCN(CCCC)c1cccc(Br)c1. The van der Waals surface area contributed by atoms with E-state index in [2.05, 4.69) is 58.9 Å². The lowest BCUT2D eigenvalue weighted by molar-refractivity contribution is 0.678. The van der Waals surface area contributed by atoms with Crippen molar-refractivity contribution in [2.45, 2.75) is 39.5 Å². The molecule has 0 aliphatic rings. The van der Waals surface area contributed by atoms with Gasteiger partial charge in [0.1, 0.15) is 0 Å². The number of halogens is 1. The number of rotatable bonds is 7. The minimum atomic E-state index is 1.17. The maximum atomic E-state index is 3.54. The van der Waals surface area contributed by atoms with Gasteiger partial charge in [0.2, 0.25) is 0 Å². The van der Waals surface area contributed by atoms with E-state index in [0.29, 0.717) is 0 Å². The van der Waals surface area contributed by atoms with Crippen molar-refractivity contribution in [2.24, 2.45) is 0 Å². The van der Waals surface area contributed by atoms with Crippen LogP contribution in [-0.2, 0) is 0 Å². The molecule has 0 heterocycles. The molecule has 1 aromatic carbocycles. The molecule has 0 fully saturated rings. The third-order valence-electron chi connectivity index (χ3n) is 2.74. The van der Waals surface area contributed by atoms with Gasteiger partial charge in [-0.3, -0.25) is 0 Å². The fourth-order valence-electron chi connectivity index (χ4n) is 1.74. The highest BCUT2D eigenvalue weighted by Gasteiger charge is 2.05. The second-order valence-electron chi connectivity index (χ2n) is 4.17. The van der Waals surface area contributed by atoms with Gasteiger partial charge >= 0.3 is 0 Å². The van der Waals surface area contributed by atoms with Crippen LogP contribution < -0.4 is 4.90 Å². The van der Waals surface area contributed by atoms with E-state index in [0.717, 1.165) is 0 Å². The van der Waals surface area contributed by atoms with Gasteiger partial charge in [-0.2, -0.15) is 0 Å². The first-order valence-electron chi connectivity index (χ1n) is 6.28. The molecular formula is C14H22BrN. The van der Waals surface area contributed by atoms with Crippen molar-refractivity contribution in [3.8, 4) is 0 Å². The second-order valence-corrected chi connectivity index (χ2v) is 5.09. The highest BCUT2D eigenvalue weighted by Crippen LogP contribution is 2.20. The zero-order valence-electron chi connectivity index (χ0n) is 10.4. The van der Waals surface area contributed by atoms with Crippen LogP contribution in [0.4, 0.5) is 5.69 Å². The summed E-state index contributed by atoms with van der Waals surface area (Å²) in [6.07, 6.45) is 5.07. The Morgan fingerprint density at radius 1 is 1.06 bits per heavy atom. The summed E-state index contributed by atoms with van der Waals surface area (Å²) in [6, 6.07) is 8.62. The van der Waals surface area contributed by atoms with E-state index in [4.69, 9.17) is 0 Å². The summed E-state index contributed by atoms with van der Waals surface area (Å²) in [6.45, 7) is 6.84. The van der Waals surface area contributed by atoms with Crippen LogP contribution in [-0.4, -0.2) is 13.1 Å². The van der Waals surface area contributed by atoms with E-state index in [1.165, 1.54) is 48.9 Å². The largest absolute Gasteiger partial charge is 0.372 e. The van der Waals surface area contributed by atoms with Crippen molar-refractivity contribution in [1.82, 2.24) is 0 Å². The fourth-order valence-corrected chi connectivity index (χ4v) is 2.13. The fraction of sp³-hybridized carbons (Fsp3) is 0.571. The molecule has 0 N–H and O–H groups in total. The smallest absolute Gasteiger partial charge is 0.0377 e. The molecule has 0 radical (unpaired) electrons. The Balaban J connectivity index is 2.66. The quantitative estimate of drug-likeness (QED) is 0.691. The number of hydrogen-bond acceptors (Lipinski definition) is 1. The molecule has 0 saturated heterocycles. The van der Waals surface area contributed by atoms with E-state index in [1.807, 2.05) is 0 Å². The van der Waals surface area contributed by atoms with Crippen LogP contribution in [0.5, 0.6) is 0 Å². The predicted molar refractivity (Wildman–Crippen MR) is 76.2 cm³/mol. The molecule has 0 unspecified atom stereocenters. The summed E-state index contributed by atoms with van der Waals surface area (Å²) in [5.74, 6) is 0. The molecule has 0 aliphatic heterocycles. The Bertz CT molecular complexity index is 291. The molecule has 0 atom stereocenters. The topological polar surface area (TPSA) is 3.24 Å².